The molecule has 0 radical (unpaired) electrons. The van der Waals surface area contributed by atoms with Gasteiger partial charge in [0.2, 0.25) is 5.78 Å². The number of halogens is 1. The number of Topliss-reactive ketones (excluding diaryl/α,β-unsaturated/α-hetero) is 1. The molecule has 0 atom stereocenters. The van der Waals surface area contributed by atoms with Crippen LogP contribution in [0.4, 0.5) is 28.4 Å². The number of rotatable bonds is 9. The van der Waals surface area contributed by atoms with Crippen molar-refractivity contribution in [3.63, 3.8) is 0 Å². The van der Waals surface area contributed by atoms with Gasteiger partial charge < -0.3 is 14.8 Å². The van der Waals surface area contributed by atoms with Gasteiger partial charge in [-0.1, -0.05) is 48.0 Å². The van der Waals surface area contributed by atoms with Crippen LogP contribution < -0.4 is 75.7 Å². The van der Waals surface area contributed by atoms with Crippen LogP contribution in [0.25, 0.3) is 17.2 Å². The Morgan fingerprint density at radius 1 is 0.704 bits per heavy atom. The summed E-state index contributed by atoms with van der Waals surface area (Å²) in [4.78, 5) is 22.9. The molecule has 15 nitrogen and oxygen atoms in total. The second kappa shape index (κ2) is 17.6. The van der Waals surface area contributed by atoms with Crippen molar-refractivity contribution in [2.45, 2.75) is 4.90 Å². The number of carbonyl (C=O) groups is 2. The number of nitrogens with one attached hydrogen (secondary N) is 2. The molecule has 0 bridgehead atoms. The molecule has 0 amide bonds. The second-order valence-corrected chi connectivity index (χ2v) is 14.0. The summed E-state index contributed by atoms with van der Waals surface area (Å²) >= 11 is 6.09. The molecule has 0 heterocycles. The summed E-state index contributed by atoms with van der Waals surface area (Å²) in [6.45, 7) is 0. The van der Waals surface area contributed by atoms with Crippen molar-refractivity contribution in [3.05, 3.63) is 124 Å². The maximum absolute atomic E-state index is 13.7. The van der Waals surface area contributed by atoms with E-state index in [0.29, 0.717) is 29.2 Å². The normalized spacial score (nSPS) is 14.6. The van der Waals surface area contributed by atoms with E-state index in [1.807, 2.05) is 12.1 Å². The number of benzene rings is 4. The van der Waals surface area contributed by atoms with Gasteiger partial charge >= 0.3 is 59.1 Å². The van der Waals surface area contributed by atoms with Gasteiger partial charge in [-0.2, -0.15) is 10.2 Å². The monoisotopic (exact) mass is 801 g/mol. The zero-order valence-corrected chi connectivity index (χ0v) is 34.6. The van der Waals surface area contributed by atoms with Gasteiger partial charge in [0.05, 0.1) is 43.2 Å². The first-order chi connectivity index (χ1) is 24.7. The number of hydrogen-bond acceptors (Lipinski definition) is 15. The average molecular weight is 802 g/mol. The molecule has 54 heavy (non-hydrogen) atoms. The average Bonchev–Trinajstić information content (AvgIpc) is 3.10. The maximum Gasteiger partial charge on any atom is 1.00 e. The van der Waals surface area contributed by atoms with E-state index < -0.39 is 64.0 Å². The molecule has 4 aromatic rings. The van der Waals surface area contributed by atoms with Crippen LogP contribution in [-0.2, 0) is 25.0 Å². The van der Waals surface area contributed by atoms with E-state index in [0.717, 1.165) is 11.1 Å². The molecular weight excluding hydrogens is 780 g/mol. The summed E-state index contributed by atoms with van der Waals surface area (Å²) < 4.78 is 73.4. The fourth-order valence-electron chi connectivity index (χ4n) is 4.97. The van der Waals surface area contributed by atoms with E-state index in [4.69, 9.17) is 17.3 Å². The Morgan fingerprint density at radius 3 is 1.80 bits per heavy atom. The van der Waals surface area contributed by atoms with E-state index in [1.54, 1.807) is 60.7 Å². The van der Waals surface area contributed by atoms with Crippen molar-refractivity contribution < 1.29 is 94.6 Å². The van der Waals surface area contributed by atoms with Gasteiger partial charge in [0.15, 0.2) is 5.78 Å². The minimum absolute atomic E-state index is 0. The van der Waals surface area contributed by atoms with Crippen LogP contribution in [0.5, 0.6) is 0 Å². The summed E-state index contributed by atoms with van der Waals surface area (Å²) in [6.07, 6.45) is 6.71. The van der Waals surface area contributed by atoms with E-state index in [1.165, 1.54) is 24.3 Å². The van der Waals surface area contributed by atoms with Gasteiger partial charge in [-0.25, -0.2) is 16.8 Å². The van der Waals surface area contributed by atoms with Crippen LogP contribution in [0.15, 0.2) is 133 Å². The van der Waals surface area contributed by atoms with Crippen LogP contribution in [0.2, 0.25) is 5.02 Å². The fraction of sp³-hybridized carbons (Fsp3) is 0. The zero-order valence-electron chi connectivity index (χ0n) is 28.2. The number of anilines is 3. The Kier molecular flexibility index (Phi) is 13.9. The fourth-order valence-corrected chi connectivity index (χ4v) is 6.45. The number of hydrazone groups is 2. The third kappa shape index (κ3) is 9.76. The van der Waals surface area contributed by atoms with Crippen LogP contribution in [-0.4, -0.2) is 48.9 Å². The Balaban J connectivity index is 0.00000325. The molecule has 6 rings (SSSR count). The molecule has 0 aromatic heterocycles. The van der Waals surface area contributed by atoms with Gasteiger partial charge in [-0.3, -0.25) is 20.4 Å². The second-order valence-electron chi connectivity index (χ2n) is 10.9. The summed E-state index contributed by atoms with van der Waals surface area (Å²) in [7, 11) is -10.7. The largest absolute Gasteiger partial charge is 1.00 e. The van der Waals surface area contributed by atoms with Gasteiger partial charge in [0, 0.05) is 0 Å². The molecular formula is C34H22ClN7Na2O8S2. The molecule has 0 spiro atoms. The standard InChI is InChI=1S/C34H24ClN7O8S2.2Na/c35-26-3-1-2-4-27(26)40-41-32-28(51(45,46)47)17-21-18-29(52(48,49)50)33(34(44)30(21)31(32)36)42-39-23-11-7-20(8-12-23)19-5-9-22(10-6-19)37-38-24-13-15-25(43)16-14-24;;/h1-18,37,39H,36H2,(H,45,46,47)(H,48,49,50);;/q;2*+1/p-2/b41-40?,42-33+;;. The van der Waals surface area contributed by atoms with Gasteiger partial charge in [0.1, 0.15) is 37.3 Å². The number of azo groups is 1. The Labute approximate surface area is 357 Å². The first-order valence-electron chi connectivity index (χ1n) is 14.8. The van der Waals surface area contributed by atoms with Gasteiger partial charge in [-0.05, 0) is 89.5 Å². The first kappa shape index (κ1) is 42.6. The molecule has 20 heteroatoms. The SMILES string of the molecule is Nc1c(N=Nc2ccccc2Cl)c(S(=O)(=O)[O-])cc2c1C(=O)/C(=N/Nc1ccc(-c3ccc(NN=C4C=CC(=O)C=C4)cc3)cc1)C(S(=O)(=O)[O-])=C2.[Na+].[Na+]. The number of nitrogens with zero attached hydrogens (tertiary/aromatic N) is 4. The van der Waals surface area contributed by atoms with Crippen LogP contribution in [0.3, 0.4) is 0 Å². The van der Waals surface area contributed by atoms with E-state index in [2.05, 4.69) is 31.3 Å². The zero-order chi connectivity index (χ0) is 37.2. The molecule has 2 aliphatic carbocycles. The smallest absolute Gasteiger partial charge is 0.744 e. The van der Waals surface area contributed by atoms with Gasteiger partial charge in [0.25, 0.3) is 0 Å². The van der Waals surface area contributed by atoms with Crippen LogP contribution >= 0.6 is 11.6 Å². The van der Waals surface area contributed by atoms with E-state index in [9.17, 15) is 35.5 Å². The molecule has 0 aliphatic heterocycles. The van der Waals surface area contributed by atoms with Crippen LogP contribution in [0.1, 0.15) is 15.9 Å². The third-order valence-corrected chi connectivity index (χ3v) is 9.51. The van der Waals surface area contributed by atoms with Crippen molar-refractivity contribution in [2.75, 3.05) is 16.6 Å². The summed E-state index contributed by atoms with van der Waals surface area (Å²) in [5.41, 5.74) is 11.9. The molecule has 2 aliphatic rings. The molecule has 0 unspecified atom stereocenters. The number of carbonyl (C=O) groups excluding carboxylic acids is 2. The molecule has 0 saturated heterocycles. The Morgan fingerprint density at radius 2 is 1.26 bits per heavy atom. The molecule has 262 valence electrons. The maximum atomic E-state index is 13.7. The number of nitrogens with two attached hydrogens (primary N) is 1. The van der Waals surface area contributed by atoms with E-state index in [-0.39, 0.29) is 75.6 Å². The van der Waals surface area contributed by atoms with Crippen molar-refractivity contribution in [1.29, 1.82) is 0 Å². The number of fused-ring (bicyclic) bond motifs is 1. The van der Waals surface area contributed by atoms with Crippen molar-refractivity contribution in [1.82, 2.24) is 0 Å². The third-order valence-electron chi connectivity index (χ3n) is 7.49. The Hall–Kier alpha value is -4.11. The topological polar surface area (TPSA) is 248 Å². The predicted molar refractivity (Wildman–Crippen MR) is 194 cm³/mol. The van der Waals surface area contributed by atoms with E-state index >= 15 is 0 Å². The van der Waals surface area contributed by atoms with Crippen molar-refractivity contribution in [3.8, 4) is 11.1 Å². The first-order valence-corrected chi connectivity index (χ1v) is 18.0. The van der Waals surface area contributed by atoms with Crippen molar-refractivity contribution in [2.24, 2.45) is 20.4 Å². The number of hydrogen-bond donors (Lipinski definition) is 3. The molecule has 4 N–H and O–H groups in total. The molecule has 4 aromatic carbocycles. The summed E-state index contributed by atoms with van der Waals surface area (Å²) in [5, 5.41) is 15.9. The van der Waals surface area contributed by atoms with Gasteiger partial charge in [-0.15, -0.1) is 10.2 Å². The molecule has 0 saturated carbocycles. The van der Waals surface area contributed by atoms with Crippen molar-refractivity contribution >= 4 is 89.3 Å². The summed E-state index contributed by atoms with van der Waals surface area (Å²) in [6, 6.07) is 20.7. The summed E-state index contributed by atoms with van der Waals surface area (Å²) in [5.74, 6) is -1.28. The number of allylic oxidation sites excluding steroid dienone is 5. The minimum Gasteiger partial charge on any atom is -0.744 e. The Bertz CT molecular complexity index is 2560. The minimum atomic E-state index is -5.38. The predicted octanol–water partition coefficient (Wildman–Crippen LogP) is -0.0698. The number of ketones is 2. The number of nitrogen functional groups attached to an aromatic ring is 1. The molecule has 0 fully saturated rings. The van der Waals surface area contributed by atoms with Crippen LogP contribution in [0, 0.1) is 0 Å². The quantitative estimate of drug-likeness (QED) is 0.0505.